The normalized spacial score (nSPS) is 10.5. The first-order valence-corrected chi connectivity index (χ1v) is 7.29. The maximum Gasteiger partial charge on any atom is 0.123 e. The van der Waals surface area contributed by atoms with E-state index < -0.39 is 0 Å². The molecular weight excluding hydrogens is 275 g/mol. The van der Waals surface area contributed by atoms with E-state index in [0.29, 0.717) is 12.5 Å². The summed E-state index contributed by atoms with van der Waals surface area (Å²) in [7, 11) is 0. The van der Waals surface area contributed by atoms with Crippen molar-refractivity contribution in [3.05, 3.63) is 54.3 Å². The summed E-state index contributed by atoms with van der Waals surface area (Å²) in [6.07, 6.45) is 3.09. The van der Waals surface area contributed by atoms with Crippen LogP contribution in [-0.4, -0.2) is 12.5 Å². The van der Waals surface area contributed by atoms with Gasteiger partial charge in [0.1, 0.15) is 11.6 Å². The first-order valence-electron chi connectivity index (χ1n) is 6.75. The van der Waals surface area contributed by atoms with E-state index in [1.54, 1.807) is 12.1 Å². The Morgan fingerprint density at radius 3 is 2.55 bits per heavy atom. The van der Waals surface area contributed by atoms with Crippen molar-refractivity contribution in [2.24, 2.45) is 0 Å². The fourth-order valence-corrected chi connectivity index (χ4v) is 2.09. The zero-order chi connectivity index (χ0) is 14.2. The van der Waals surface area contributed by atoms with Crippen molar-refractivity contribution in [2.45, 2.75) is 19.3 Å². The molecule has 20 heavy (non-hydrogen) atoms. The Kier molecular flexibility index (Phi) is 5.87. The van der Waals surface area contributed by atoms with Crippen LogP contribution in [0.4, 0.5) is 4.39 Å². The van der Waals surface area contributed by atoms with Crippen LogP contribution in [0.2, 0.25) is 0 Å². The van der Waals surface area contributed by atoms with Gasteiger partial charge in [-0.1, -0.05) is 12.1 Å². The van der Waals surface area contributed by atoms with Gasteiger partial charge in [0, 0.05) is 5.88 Å². The lowest BCUT2D eigenvalue weighted by Gasteiger charge is -2.08. The standard InChI is InChI=1S/C17H17ClFO/c18-11-2-1-3-12-20-17-6-4-5-15(13-17)14-7-9-16(19)10-8-14/h5-10,13H,1-3,11-12H2. The maximum absolute atomic E-state index is 12.9. The van der Waals surface area contributed by atoms with Crippen molar-refractivity contribution in [1.82, 2.24) is 0 Å². The third-order valence-electron chi connectivity index (χ3n) is 2.99. The minimum atomic E-state index is -0.232. The molecule has 0 heterocycles. The molecule has 0 aromatic heterocycles. The molecular formula is C17H17ClFO. The van der Waals surface area contributed by atoms with E-state index in [1.165, 1.54) is 12.1 Å². The number of ether oxygens (including phenoxy) is 1. The highest BCUT2D eigenvalue weighted by Gasteiger charge is 2.01. The molecule has 0 saturated heterocycles. The molecule has 1 nitrogen and oxygen atoms in total. The van der Waals surface area contributed by atoms with Crippen LogP contribution in [0, 0.1) is 11.9 Å². The first kappa shape index (κ1) is 14.9. The molecule has 0 saturated carbocycles. The summed E-state index contributed by atoms with van der Waals surface area (Å²) >= 11 is 5.62. The minimum Gasteiger partial charge on any atom is -0.494 e. The van der Waals surface area contributed by atoms with Gasteiger partial charge < -0.3 is 4.74 Å². The van der Waals surface area contributed by atoms with Crippen LogP contribution in [0.3, 0.4) is 0 Å². The van der Waals surface area contributed by atoms with Gasteiger partial charge in [-0.25, -0.2) is 4.39 Å². The predicted octanol–water partition coefficient (Wildman–Crippen LogP) is 5.08. The van der Waals surface area contributed by atoms with Crippen molar-refractivity contribution < 1.29 is 9.13 Å². The van der Waals surface area contributed by atoms with Crippen molar-refractivity contribution in [3.63, 3.8) is 0 Å². The van der Waals surface area contributed by atoms with E-state index in [-0.39, 0.29) is 5.82 Å². The molecule has 0 bridgehead atoms. The molecule has 0 aliphatic heterocycles. The van der Waals surface area contributed by atoms with Crippen LogP contribution in [0.25, 0.3) is 11.1 Å². The average molecular weight is 292 g/mol. The molecule has 0 aliphatic rings. The zero-order valence-electron chi connectivity index (χ0n) is 11.2. The van der Waals surface area contributed by atoms with E-state index in [9.17, 15) is 4.39 Å². The SMILES string of the molecule is Fc1ccc(-c2c[c]cc(OCCCCCCl)c2)cc1. The smallest absolute Gasteiger partial charge is 0.123 e. The van der Waals surface area contributed by atoms with Crippen LogP contribution < -0.4 is 4.74 Å². The predicted molar refractivity (Wildman–Crippen MR) is 80.7 cm³/mol. The Bertz CT molecular complexity index is 525. The second kappa shape index (κ2) is 7.91. The van der Waals surface area contributed by atoms with Gasteiger partial charge in [-0.2, -0.15) is 0 Å². The molecule has 1 radical (unpaired) electrons. The lowest BCUT2D eigenvalue weighted by molar-refractivity contribution is 0.306. The second-order valence-corrected chi connectivity index (χ2v) is 4.94. The lowest BCUT2D eigenvalue weighted by Crippen LogP contribution is -1.97. The third kappa shape index (κ3) is 4.53. The Labute approximate surface area is 124 Å². The Morgan fingerprint density at radius 2 is 1.80 bits per heavy atom. The van der Waals surface area contributed by atoms with Gasteiger partial charge in [0.2, 0.25) is 0 Å². The zero-order valence-corrected chi connectivity index (χ0v) is 12.0. The summed E-state index contributed by atoms with van der Waals surface area (Å²) in [5.41, 5.74) is 1.93. The van der Waals surface area contributed by atoms with Gasteiger partial charge in [-0.15, -0.1) is 11.6 Å². The number of rotatable bonds is 7. The van der Waals surface area contributed by atoms with Gasteiger partial charge in [0.05, 0.1) is 6.61 Å². The number of halogens is 2. The van der Waals surface area contributed by atoms with E-state index in [1.807, 2.05) is 18.2 Å². The van der Waals surface area contributed by atoms with Gasteiger partial charge in [-0.3, -0.25) is 0 Å². The van der Waals surface area contributed by atoms with Crippen LogP contribution in [-0.2, 0) is 0 Å². The minimum absolute atomic E-state index is 0.232. The summed E-state index contributed by atoms with van der Waals surface area (Å²) in [5, 5.41) is 0. The second-order valence-electron chi connectivity index (χ2n) is 4.56. The largest absolute Gasteiger partial charge is 0.494 e. The molecule has 0 N–H and O–H groups in total. The van der Waals surface area contributed by atoms with Crippen LogP contribution in [0.15, 0.2) is 42.5 Å². The summed E-state index contributed by atoms with van der Waals surface area (Å²) in [4.78, 5) is 0. The summed E-state index contributed by atoms with van der Waals surface area (Å²) in [5.74, 6) is 1.26. The number of hydrogen-bond acceptors (Lipinski definition) is 1. The molecule has 0 unspecified atom stereocenters. The first-order chi connectivity index (χ1) is 9.79. The van der Waals surface area contributed by atoms with E-state index in [2.05, 4.69) is 6.07 Å². The highest BCUT2D eigenvalue weighted by atomic mass is 35.5. The Hall–Kier alpha value is -1.54. The van der Waals surface area contributed by atoms with Crippen molar-refractivity contribution in [1.29, 1.82) is 0 Å². The van der Waals surface area contributed by atoms with E-state index in [4.69, 9.17) is 16.3 Å². The maximum atomic E-state index is 12.9. The highest BCUT2D eigenvalue weighted by Crippen LogP contribution is 2.24. The number of benzene rings is 2. The third-order valence-corrected chi connectivity index (χ3v) is 3.25. The fraction of sp³-hybridized carbons (Fsp3) is 0.294. The average Bonchev–Trinajstić information content (AvgIpc) is 2.48. The van der Waals surface area contributed by atoms with Gasteiger partial charge >= 0.3 is 0 Å². The van der Waals surface area contributed by atoms with Gasteiger partial charge in [0.15, 0.2) is 0 Å². The monoisotopic (exact) mass is 291 g/mol. The van der Waals surface area contributed by atoms with Crippen LogP contribution >= 0.6 is 11.6 Å². The van der Waals surface area contributed by atoms with Crippen molar-refractivity contribution in [2.75, 3.05) is 12.5 Å². The topological polar surface area (TPSA) is 9.23 Å². The Balaban J connectivity index is 1.95. The molecule has 105 valence electrons. The summed E-state index contributed by atoms with van der Waals surface area (Å²) in [6.45, 7) is 0.678. The number of alkyl halides is 1. The molecule has 0 aliphatic carbocycles. The summed E-state index contributed by atoms with van der Waals surface area (Å²) < 4.78 is 18.6. The quantitative estimate of drug-likeness (QED) is 0.510. The molecule has 3 heteroatoms. The number of unbranched alkanes of at least 4 members (excludes halogenated alkanes) is 2. The number of hydrogen-bond donors (Lipinski definition) is 0. The van der Waals surface area contributed by atoms with Crippen LogP contribution in [0.1, 0.15) is 19.3 Å². The Morgan fingerprint density at radius 1 is 1.00 bits per heavy atom. The summed E-state index contributed by atoms with van der Waals surface area (Å²) in [6, 6.07) is 15.1. The highest BCUT2D eigenvalue weighted by molar-refractivity contribution is 6.17. The molecule has 0 fully saturated rings. The molecule has 0 spiro atoms. The van der Waals surface area contributed by atoms with Crippen molar-refractivity contribution >= 4 is 11.6 Å². The molecule has 0 amide bonds. The van der Waals surface area contributed by atoms with E-state index in [0.717, 1.165) is 36.1 Å². The van der Waals surface area contributed by atoms with Crippen molar-refractivity contribution in [3.8, 4) is 16.9 Å². The van der Waals surface area contributed by atoms with E-state index >= 15 is 0 Å². The van der Waals surface area contributed by atoms with Gasteiger partial charge in [-0.05, 0) is 66.8 Å². The molecule has 2 aromatic rings. The fourth-order valence-electron chi connectivity index (χ4n) is 1.91. The van der Waals surface area contributed by atoms with Gasteiger partial charge in [0.25, 0.3) is 0 Å². The van der Waals surface area contributed by atoms with Crippen LogP contribution in [0.5, 0.6) is 5.75 Å². The molecule has 2 rings (SSSR count). The molecule has 0 atom stereocenters. The molecule has 2 aromatic carbocycles. The lowest BCUT2D eigenvalue weighted by atomic mass is 10.1.